The molecule has 2 heterocycles. The van der Waals surface area contributed by atoms with Gasteiger partial charge in [-0.25, -0.2) is 0 Å². The highest BCUT2D eigenvalue weighted by Crippen LogP contribution is 2.41. The Hall–Kier alpha value is -2.62. The summed E-state index contributed by atoms with van der Waals surface area (Å²) >= 11 is 0. The standard InChI is InChI=1S/C20H20N2O2/c1-2-21-13-18-16-11-7-6-10-15(16)17(14-8-4-3-5-9-14)12-22(18)20(24)19(21)23/h3-11,17-18H,2,12-13H2,1H3. The van der Waals surface area contributed by atoms with Gasteiger partial charge in [-0.15, -0.1) is 0 Å². The van der Waals surface area contributed by atoms with Gasteiger partial charge in [0.05, 0.1) is 6.04 Å². The first-order valence-corrected chi connectivity index (χ1v) is 8.44. The zero-order valence-electron chi connectivity index (χ0n) is 13.7. The summed E-state index contributed by atoms with van der Waals surface area (Å²) in [6.07, 6.45) is 0. The van der Waals surface area contributed by atoms with Crippen LogP contribution in [0.1, 0.15) is 35.6 Å². The number of amides is 2. The molecule has 4 nitrogen and oxygen atoms in total. The van der Waals surface area contributed by atoms with E-state index in [0.29, 0.717) is 19.6 Å². The first-order chi connectivity index (χ1) is 11.7. The van der Waals surface area contributed by atoms with Crippen LogP contribution < -0.4 is 0 Å². The molecule has 2 aliphatic heterocycles. The second-order valence-corrected chi connectivity index (χ2v) is 6.41. The zero-order chi connectivity index (χ0) is 16.7. The molecule has 2 aromatic rings. The Morgan fingerprint density at radius 3 is 2.25 bits per heavy atom. The summed E-state index contributed by atoms with van der Waals surface area (Å²) in [5.41, 5.74) is 3.61. The van der Waals surface area contributed by atoms with Gasteiger partial charge in [-0.1, -0.05) is 54.6 Å². The van der Waals surface area contributed by atoms with E-state index in [4.69, 9.17) is 0 Å². The highest BCUT2D eigenvalue weighted by molar-refractivity contribution is 6.35. The van der Waals surface area contributed by atoms with E-state index >= 15 is 0 Å². The van der Waals surface area contributed by atoms with Gasteiger partial charge >= 0.3 is 11.8 Å². The highest BCUT2D eigenvalue weighted by atomic mass is 16.2. The fraction of sp³-hybridized carbons (Fsp3) is 0.300. The smallest absolute Gasteiger partial charge is 0.312 e. The molecule has 0 saturated carbocycles. The predicted octanol–water partition coefficient (Wildman–Crippen LogP) is 2.56. The van der Waals surface area contributed by atoms with Crippen molar-refractivity contribution in [2.45, 2.75) is 18.9 Å². The monoisotopic (exact) mass is 320 g/mol. The van der Waals surface area contributed by atoms with Crippen LogP contribution in [0.3, 0.4) is 0 Å². The fourth-order valence-electron chi connectivity index (χ4n) is 3.94. The van der Waals surface area contributed by atoms with Gasteiger partial charge < -0.3 is 9.80 Å². The van der Waals surface area contributed by atoms with E-state index in [1.165, 1.54) is 11.1 Å². The Bertz CT molecular complexity index is 787. The molecule has 2 amide bonds. The van der Waals surface area contributed by atoms with Gasteiger partial charge in [-0.2, -0.15) is 0 Å². The molecular weight excluding hydrogens is 300 g/mol. The van der Waals surface area contributed by atoms with Crippen molar-refractivity contribution in [1.29, 1.82) is 0 Å². The lowest BCUT2D eigenvalue weighted by molar-refractivity contribution is -0.159. The lowest BCUT2D eigenvalue weighted by atomic mass is 9.80. The molecule has 1 fully saturated rings. The van der Waals surface area contributed by atoms with Gasteiger partial charge in [0, 0.05) is 25.6 Å². The Morgan fingerprint density at radius 1 is 0.875 bits per heavy atom. The summed E-state index contributed by atoms with van der Waals surface area (Å²) in [4.78, 5) is 28.4. The Labute approximate surface area is 141 Å². The number of carbonyl (C=O) groups is 2. The zero-order valence-corrected chi connectivity index (χ0v) is 13.7. The van der Waals surface area contributed by atoms with E-state index in [1.807, 2.05) is 31.2 Å². The van der Waals surface area contributed by atoms with Crippen LogP contribution in [0.2, 0.25) is 0 Å². The maximum Gasteiger partial charge on any atom is 0.312 e. The summed E-state index contributed by atoms with van der Waals surface area (Å²) in [7, 11) is 0. The maximum absolute atomic E-state index is 12.7. The van der Waals surface area contributed by atoms with Crippen molar-refractivity contribution in [3.05, 3.63) is 71.3 Å². The molecule has 0 aromatic heterocycles. The van der Waals surface area contributed by atoms with Crippen LogP contribution in [-0.2, 0) is 9.59 Å². The van der Waals surface area contributed by atoms with Crippen molar-refractivity contribution in [3.8, 4) is 0 Å². The second-order valence-electron chi connectivity index (χ2n) is 6.41. The number of fused-ring (bicyclic) bond motifs is 3. The van der Waals surface area contributed by atoms with E-state index in [0.717, 1.165) is 5.56 Å². The normalized spacial score (nSPS) is 23.0. The molecule has 122 valence electrons. The van der Waals surface area contributed by atoms with E-state index in [9.17, 15) is 9.59 Å². The number of likely N-dealkylation sites (N-methyl/N-ethyl adjacent to an activating group) is 1. The van der Waals surface area contributed by atoms with Crippen LogP contribution in [0.25, 0.3) is 0 Å². The van der Waals surface area contributed by atoms with Crippen LogP contribution in [0.15, 0.2) is 54.6 Å². The summed E-state index contributed by atoms with van der Waals surface area (Å²) < 4.78 is 0. The minimum Gasteiger partial charge on any atom is -0.332 e. The summed E-state index contributed by atoms with van der Waals surface area (Å²) in [5.74, 6) is -0.632. The van der Waals surface area contributed by atoms with Gasteiger partial charge in [0.1, 0.15) is 0 Å². The molecule has 2 atom stereocenters. The molecule has 0 aliphatic carbocycles. The molecule has 24 heavy (non-hydrogen) atoms. The van der Waals surface area contributed by atoms with Crippen LogP contribution in [0.5, 0.6) is 0 Å². The molecule has 2 unspecified atom stereocenters. The van der Waals surface area contributed by atoms with Gasteiger partial charge in [0.25, 0.3) is 0 Å². The van der Waals surface area contributed by atoms with E-state index in [-0.39, 0.29) is 23.8 Å². The van der Waals surface area contributed by atoms with Crippen LogP contribution in [-0.4, -0.2) is 41.2 Å². The molecule has 2 aliphatic rings. The predicted molar refractivity (Wildman–Crippen MR) is 91.4 cm³/mol. The lowest BCUT2D eigenvalue weighted by Crippen LogP contribution is -2.58. The van der Waals surface area contributed by atoms with Crippen molar-refractivity contribution >= 4 is 11.8 Å². The Morgan fingerprint density at radius 2 is 1.54 bits per heavy atom. The van der Waals surface area contributed by atoms with Gasteiger partial charge in [-0.3, -0.25) is 9.59 Å². The first kappa shape index (κ1) is 14.9. The van der Waals surface area contributed by atoms with Crippen molar-refractivity contribution in [2.24, 2.45) is 0 Å². The quantitative estimate of drug-likeness (QED) is 0.798. The molecular formula is C20H20N2O2. The summed E-state index contributed by atoms with van der Waals surface area (Å²) in [6, 6.07) is 18.5. The van der Waals surface area contributed by atoms with E-state index in [2.05, 4.69) is 30.3 Å². The topological polar surface area (TPSA) is 40.6 Å². The molecule has 4 heteroatoms. The van der Waals surface area contributed by atoms with E-state index < -0.39 is 0 Å². The number of carbonyl (C=O) groups excluding carboxylic acids is 2. The Balaban J connectivity index is 1.82. The van der Waals surface area contributed by atoms with Crippen molar-refractivity contribution in [2.75, 3.05) is 19.6 Å². The minimum atomic E-state index is -0.375. The third-order valence-corrected chi connectivity index (χ3v) is 5.19. The van der Waals surface area contributed by atoms with Crippen molar-refractivity contribution < 1.29 is 9.59 Å². The first-order valence-electron chi connectivity index (χ1n) is 8.44. The molecule has 1 saturated heterocycles. The third kappa shape index (κ3) is 2.21. The highest BCUT2D eigenvalue weighted by Gasteiger charge is 2.44. The van der Waals surface area contributed by atoms with Crippen molar-refractivity contribution in [1.82, 2.24) is 9.80 Å². The third-order valence-electron chi connectivity index (χ3n) is 5.19. The number of piperazine rings is 1. The maximum atomic E-state index is 12.7. The molecule has 2 aromatic carbocycles. The number of benzene rings is 2. The number of hydrogen-bond acceptors (Lipinski definition) is 2. The average molecular weight is 320 g/mol. The lowest BCUT2D eigenvalue weighted by Gasteiger charge is -2.46. The van der Waals surface area contributed by atoms with E-state index in [1.54, 1.807) is 9.80 Å². The minimum absolute atomic E-state index is 0.0358. The van der Waals surface area contributed by atoms with Gasteiger partial charge in [0.2, 0.25) is 0 Å². The molecule has 4 rings (SSSR count). The number of nitrogens with zero attached hydrogens (tertiary/aromatic N) is 2. The largest absolute Gasteiger partial charge is 0.332 e. The average Bonchev–Trinajstić information content (AvgIpc) is 2.64. The van der Waals surface area contributed by atoms with Gasteiger partial charge in [0.15, 0.2) is 0 Å². The molecule has 0 N–H and O–H groups in total. The van der Waals surface area contributed by atoms with Gasteiger partial charge in [-0.05, 0) is 23.6 Å². The molecule has 0 bridgehead atoms. The number of rotatable bonds is 2. The van der Waals surface area contributed by atoms with Crippen LogP contribution in [0, 0.1) is 0 Å². The van der Waals surface area contributed by atoms with Crippen LogP contribution in [0.4, 0.5) is 0 Å². The Kier molecular flexibility index (Phi) is 3.60. The SMILES string of the molecule is CCN1CC2c3ccccc3C(c3ccccc3)CN2C(=O)C1=O. The fourth-order valence-corrected chi connectivity index (χ4v) is 3.94. The van der Waals surface area contributed by atoms with Crippen molar-refractivity contribution in [3.63, 3.8) is 0 Å². The van der Waals surface area contributed by atoms with Crippen LogP contribution >= 0.6 is 0 Å². The summed E-state index contributed by atoms with van der Waals surface area (Å²) in [5, 5.41) is 0. The molecule has 0 spiro atoms. The second kappa shape index (κ2) is 5.78. The summed E-state index contributed by atoms with van der Waals surface area (Å²) in [6.45, 7) is 3.63. The number of hydrogen-bond donors (Lipinski definition) is 0. The molecule has 0 radical (unpaired) electrons.